The second-order valence-electron chi connectivity index (χ2n) is 12.2. The van der Waals surface area contributed by atoms with E-state index in [1.165, 1.54) is 24.3 Å². The molecule has 0 aromatic heterocycles. The standard InChI is InChI=1S/C35H44NO17P/c1-7-26-19(2)28(44-21(4)38)31(34(47-26)53-54(42,51-24-14-10-8-11-15-24)52-25-16-12-9-13-17-25)49-33-32(50-35(36)41)30(46-23(6)40)29(45-22(5)39)27(48-33)18-43-20(3)37/h8-17,19,26-34H,7,18H2,1-6H3,(H2,36,41)/t19-,26+,27-,28+,29-,30+,31+,32+,33-,34-/m1/s1. The number of nitrogens with two attached hydrogens (primary N) is 1. The first-order valence-electron chi connectivity index (χ1n) is 16.9. The number of amides is 1. The smallest absolute Gasteiger partial charge is 0.463 e. The number of primary amides is 1. The number of hydrogen-bond donors (Lipinski definition) is 1. The first kappa shape index (κ1) is 42.0. The highest BCUT2D eigenvalue weighted by molar-refractivity contribution is 7.49. The van der Waals surface area contributed by atoms with Gasteiger partial charge in [0, 0.05) is 33.6 Å². The molecule has 0 radical (unpaired) electrons. The molecule has 2 aliphatic heterocycles. The molecule has 2 fully saturated rings. The highest BCUT2D eigenvalue weighted by Crippen LogP contribution is 2.53. The lowest BCUT2D eigenvalue weighted by molar-refractivity contribution is -0.353. The zero-order chi connectivity index (χ0) is 39.6. The van der Waals surface area contributed by atoms with Crippen LogP contribution in [-0.2, 0) is 66.2 Å². The van der Waals surface area contributed by atoms with Gasteiger partial charge in [0.1, 0.15) is 36.4 Å². The van der Waals surface area contributed by atoms with Gasteiger partial charge in [-0.2, -0.15) is 0 Å². The normalized spacial score (nSPS) is 28.1. The van der Waals surface area contributed by atoms with Crippen molar-refractivity contribution in [1.29, 1.82) is 0 Å². The summed E-state index contributed by atoms with van der Waals surface area (Å²) in [5.74, 6) is -3.67. The van der Waals surface area contributed by atoms with Gasteiger partial charge in [-0.25, -0.2) is 13.9 Å². The van der Waals surface area contributed by atoms with Gasteiger partial charge in [0.2, 0.25) is 6.29 Å². The number of phosphoric ester groups is 1. The van der Waals surface area contributed by atoms with Crippen molar-refractivity contribution in [3.8, 4) is 11.5 Å². The van der Waals surface area contributed by atoms with Crippen molar-refractivity contribution < 1.29 is 80.0 Å². The summed E-state index contributed by atoms with van der Waals surface area (Å²) >= 11 is 0. The minimum absolute atomic E-state index is 0.0987. The second-order valence-corrected chi connectivity index (χ2v) is 13.7. The molecular formula is C35H44NO17P. The minimum atomic E-state index is -4.74. The molecule has 0 spiro atoms. The van der Waals surface area contributed by atoms with Gasteiger partial charge in [-0.15, -0.1) is 0 Å². The molecule has 2 aliphatic rings. The first-order valence-corrected chi connectivity index (χ1v) is 18.4. The maximum atomic E-state index is 14.6. The van der Waals surface area contributed by atoms with Crippen LogP contribution in [0.15, 0.2) is 60.7 Å². The number of hydrogen-bond acceptors (Lipinski definition) is 17. The molecule has 2 aromatic carbocycles. The lowest BCUT2D eigenvalue weighted by atomic mass is 9.89. The number of carbonyl (C=O) groups is 5. The topological polar surface area (TPSA) is 230 Å². The summed E-state index contributed by atoms with van der Waals surface area (Å²) in [4.78, 5) is 61.3. The van der Waals surface area contributed by atoms with Crippen LogP contribution in [0, 0.1) is 5.92 Å². The van der Waals surface area contributed by atoms with E-state index in [0.29, 0.717) is 6.42 Å². The number of para-hydroxylation sites is 2. The van der Waals surface area contributed by atoms with E-state index in [1.807, 2.05) is 0 Å². The van der Waals surface area contributed by atoms with Gasteiger partial charge in [0.25, 0.3) is 0 Å². The molecule has 4 rings (SSSR count). The lowest BCUT2D eigenvalue weighted by Gasteiger charge is -2.48. The molecule has 19 heteroatoms. The Bertz CT molecular complexity index is 1600. The maximum Gasteiger partial charge on any atom is 0.590 e. The van der Waals surface area contributed by atoms with Crippen molar-refractivity contribution in [1.82, 2.24) is 0 Å². The van der Waals surface area contributed by atoms with Crippen molar-refractivity contribution in [2.75, 3.05) is 6.61 Å². The summed E-state index contributed by atoms with van der Waals surface area (Å²) < 4.78 is 78.2. The van der Waals surface area contributed by atoms with Gasteiger partial charge in [-0.05, 0) is 30.7 Å². The van der Waals surface area contributed by atoms with Crippen molar-refractivity contribution in [3.05, 3.63) is 60.7 Å². The second kappa shape index (κ2) is 19.0. The third kappa shape index (κ3) is 11.6. The van der Waals surface area contributed by atoms with Gasteiger partial charge >= 0.3 is 37.8 Å². The Morgan fingerprint density at radius 2 is 1.15 bits per heavy atom. The van der Waals surface area contributed by atoms with E-state index in [9.17, 15) is 28.5 Å². The predicted octanol–water partition coefficient (Wildman–Crippen LogP) is 3.97. The maximum absolute atomic E-state index is 14.6. The van der Waals surface area contributed by atoms with Crippen LogP contribution in [0.3, 0.4) is 0 Å². The molecule has 0 unspecified atom stereocenters. The molecule has 2 saturated heterocycles. The minimum Gasteiger partial charge on any atom is -0.463 e. The molecule has 1 amide bonds. The quantitative estimate of drug-likeness (QED) is 0.153. The van der Waals surface area contributed by atoms with Crippen molar-refractivity contribution in [2.24, 2.45) is 11.7 Å². The highest BCUT2D eigenvalue weighted by atomic mass is 31.2. The fourth-order valence-electron chi connectivity index (χ4n) is 5.91. The van der Waals surface area contributed by atoms with Crippen LogP contribution in [-0.4, -0.2) is 91.9 Å². The molecule has 10 atom stereocenters. The highest BCUT2D eigenvalue weighted by Gasteiger charge is 2.57. The van der Waals surface area contributed by atoms with E-state index in [2.05, 4.69) is 0 Å². The van der Waals surface area contributed by atoms with Crippen molar-refractivity contribution in [2.45, 2.75) is 103 Å². The number of esters is 4. The van der Waals surface area contributed by atoms with Crippen LogP contribution in [0.2, 0.25) is 0 Å². The zero-order valence-corrected chi connectivity index (χ0v) is 31.3. The molecule has 0 bridgehead atoms. The SMILES string of the molecule is CC[C@@H]1O[C@H](OP(=O)(Oc2ccccc2)Oc2ccccc2)[C@@H](O[C@H]2O[C@H](COC(C)=O)[C@@H](OC(C)=O)[C@H](OC(C)=O)[C@@H]2OC(N)=O)[C@@H](OC(C)=O)[C@@H]1C. The molecule has 296 valence electrons. The van der Waals surface area contributed by atoms with Gasteiger partial charge in [-0.1, -0.05) is 50.2 Å². The number of phosphoric acid groups is 1. The average molecular weight is 782 g/mol. The fourth-order valence-corrected chi connectivity index (χ4v) is 7.21. The summed E-state index contributed by atoms with van der Waals surface area (Å²) in [6.45, 7) is 7.30. The Morgan fingerprint density at radius 3 is 1.63 bits per heavy atom. The molecule has 0 saturated carbocycles. The largest absolute Gasteiger partial charge is 0.590 e. The summed E-state index contributed by atoms with van der Waals surface area (Å²) in [5, 5.41) is 0. The molecule has 54 heavy (non-hydrogen) atoms. The predicted molar refractivity (Wildman–Crippen MR) is 182 cm³/mol. The van der Waals surface area contributed by atoms with E-state index in [4.69, 9.17) is 57.2 Å². The van der Waals surface area contributed by atoms with E-state index >= 15 is 0 Å². The van der Waals surface area contributed by atoms with Gasteiger partial charge in [0.05, 0.1) is 6.10 Å². The Hall–Kier alpha value is -4.74. The van der Waals surface area contributed by atoms with Crippen LogP contribution < -0.4 is 14.8 Å². The Morgan fingerprint density at radius 1 is 0.648 bits per heavy atom. The van der Waals surface area contributed by atoms with Crippen LogP contribution >= 0.6 is 7.82 Å². The summed E-state index contributed by atoms with van der Waals surface area (Å²) in [6, 6.07) is 16.0. The van der Waals surface area contributed by atoms with Crippen LogP contribution in [0.1, 0.15) is 48.0 Å². The summed E-state index contributed by atoms with van der Waals surface area (Å²) in [6.07, 6.45) is -14.5. The first-order chi connectivity index (χ1) is 25.6. The summed E-state index contributed by atoms with van der Waals surface area (Å²) in [7, 11) is -4.74. The van der Waals surface area contributed by atoms with Gasteiger partial charge in [0.15, 0.2) is 24.6 Å². The Labute approximate surface area is 311 Å². The van der Waals surface area contributed by atoms with Crippen LogP contribution in [0.5, 0.6) is 11.5 Å². The summed E-state index contributed by atoms with van der Waals surface area (Å²) in [5.41, 5.74) is 5.42. The average Bonchev–Trinajstić information content (AvgIpc) is 3.09. The number of ether oxygens (including phenoxy) is 8. The molecule has 2 N–H and O–H groups in total. The lowest BCUT2D eigenvalue weighted by Crippen LogP contribution is -2.65. The Balaban J connectivity index is 1.83. The monoisotopic (exact) mass is 781 g/mol. The fraction of sp³-hybridized carbons (Fsp3) is 0.514. The molecule has 18 nitrogen and oxygen atoms in total. The number of carbonyl (C=O) groups excluding carboxylic acids is 5. The van der Waals surface area contributed by atoms with Crippen molar-refractivity contribution >= 4 is 37.8 Å². The Kier molecular flexibility index (Phi) is 14.8. The van der Waals surface area contributed by atoms with Crippen LogP contribution in [0.4, 0.5) is 4.79 Å². The van der Waals surface area contributed by atoms with E-state index < -0.39 is 106 Å². The zero-order valence-electron chi connectivity index (χ0n) is 30.4. The third-order valence-corrected chi connectivity index (χ3v) is 9.39. The molecule has 0 aliphatic carbocycles. The van der Waals surface area contributed by atoms with E-state index in [0.717, 1.165) is 27.7 Å². The van der Waals surface area contributed by atoms with E-state index in [-0.39, 0.29) is 11.5 Å². The van der Waals surface area contributed by atoms with Crippen LogP contribution in [0.25, 0.3) is 0 Å². The molecule has 2 aromatic rings. The van der Waals surface area contributed by atoms with Gasteiger partial charge in [-0.3, -0.25) is 19.2 Å². The van der Waals surface area contributed by atoms with E-state index in [1.54, 1.807) is 50.2 Å². The van der Waals surface area contributed by atoms with Crippen molar-refractivity contribution in [3.63, 3.8) is 0 Å². The molecule has 2 heterocycles. The van der Waals surface area contributed by atoms with Gasteiger partial charge < -0.3 is 52.7 Å². The number of rotatable bonds is 15. The molecular weight excluding hydrogens is 737 g/mol. The number of benzene rings is 2. The third-order valence-electron chi connectivity index (χ3n) is 8.05.